The quantitative estimate of drug-likeness (QED) is 0.347. The molecule has 0 saturated carbocycles. The van der Waals surface area contributed by atoms with Crippen LogP contribution in [0.4, 0.5) is 5.82 Å². The van der Waals surface area contributed by atoms with Gasteiger partial charge in [-0.1, -0.05) is 91.0 Å². The lowest BCUT2D eigenvalue weighted by Crippen LogP contribution is -2.26. The molecule has 3 aromatic carbocycles. The van der Waals surface area contributed by atoms with Crippen LogP contribution in [-0.4, -0.2) is 21.8 Å². The lowest BCUT2D eigenvalue weighted by atomic mass is 9.84. The molecule has 3 N–H and O–H groups in total. The molecule has 0 fully saturated rings. The standard InChI is InChI=1S/C27H24N2O2S/c28-25-24(26(30)31)17-16-23(29-25)18-19-32-27(20-10-4-1-5-11-20,21-12-6-2-7-13-21)22-14-8-3-9-15-22/h1-17H,18-19H2,(H2,28,29)(H,30,31). The number of carbonyl (C=O) groups is 1. The van der Waals surface area contributed by atoms with Crippen LogP contribution in [0.2, 0.25) is 0 Å². The van der Waals surface area contributed by atoms with Gasteiger partial charge in [-0.15, -0.1) is 11.8 Å². The van der Waals surface area contributed by atoms with Crippen molar-refractivity contribution in [3.05, 3.63) is 131 Å². The second-order valence-corrected chi connectivity index (χ2v) is 8.73. The van der Waals surface area contributed by atoms with E-state index in [2.05, 4.69) is 77.8 Å². The van der Waals surface area contributed by atoms with E-state index >= 15 is 0 Å². The number of pyridine rings is 1. The van der Waals surface area contributed by atoms with E-state index in [0.29, 0.717) is 6.42 Å². The first kappa shape index (κ1) is 21.7. The molecule has 0 aliphatic heterocycles. The van der Waals surface area contributed by atoms with Crippen LogP contribution in [-0.2, 0) is 11.2 Å². The number of rotatable bonds is 8. The van der Waals surface area contributed by atoms with Gasteiger partial charge in [0.1, 0.15) is 11.4 Å². The van der Waals surface area contributed by atoms with Crippen molar-refractivity contribution in [2.24, 2.45) is 0 Å². The van der Waals surface area contributed by atoms with E-state index in [1.54, 1.807) is 6.07 Å². The zero-order chi connectivity index (χ0) is 22.4. The maximum Gasteiger partial charge on any atom is 0.339 e. The summed E-state index contributed by atoms with van der Waals surface area (Å²) in [5.74, 6) is -0.231. The Morgan fingerprint density at radius 3 is 1.66 bits per heavy atom. The second-order valence-electron chi connectivity index (χ2n) is 7.42. The first-order valence-electron chi connectivity index (χ1n) is 10.4. The number of aromatic nitrogens is 1. The van der Waals surface area contributed by atoms with Gasteiger partial charge in [0.05, 0.1) is 4.75 Å². The van der Waals surface area contributed by atoms with Gasteiger partial charge in [-0.2, -0.15) is 0 Å². The van der Waals surface area contributed by atoms with Crippen LogP contribution >= 0.6 is 11.8 Å². The fourth-order valence-electron chi connectivity index (χ4n) is 3.91. The number of hydrogen-bond donors (Lipinski definition) is 2. The molecule has 0 saturated heterocycles. The van der Waals surface area contributed by atoms with Gasteiger partial charge < -0.3 is 10.8 Å². The minimum Gasteiger partial charge on any atom is -0.478 e. The number of nitrogens with zero attached hydrogens (tertiary/aromatic N) is 1. The SMILES string of the molecule is Nc1nc(CCSC(c2ccccc2)(c2ccccc2)c2ccccc2)ccc1C(=O)O. The van der Waals surface area contributed by atoms with Crippen molar-refractivity contribution in [1.82, 2.24) is 4.98 Å². The third-order valence-electron chi connectivity index (χ3n) is 5.43. The number of hydrogen-bond acceptors (Lipinski definition) is 4. The molecule has 32 heavy (non-hydrogen) atoms. The Bertz CT molecular complexity index is 1090. The van der Waals surface area contributed by atoms with E-state index in [-0.39, 0.29) is 11.4 Å². The summed E-state index contributed by atoms with van der Waals surface area (Å²) in [7, 11) is 0. The lowest BCUT2D eigenvalue weighted by Gasteiger charge is -2.35. The molecule has 5 heteroatoms. The molecule has 0 atom stereocenters. The molecule has 4 aromatic rings. The van der Waals surface area contributed by atoms with Gasteiger partial charge in [0.15, 0.2) is 0 Å². The highest BCUT2D eigenvalue weighted by atomic mass is 32.2. The van der Waals surface area contributed by atoms with Gasteiger partial charge >= 0.3 is 5.97 Å². The van der Waals surface area contributed by atoms with Crippen molar-refractivity contribution >= 4 is 23.5 Å². The molecule has 0 spiro atoms. The summed E-state index contributed by atoms with van der Waals surface area (Å²) in [5.41, 5.74) is 10.3. The van der Waals surface area contributed by atoms with Crippen molar-refractivity contribution in [3.63, 3.8) is 0 Å². The highest BCUT2D eigenvalue weighted by molar-refractivity contribution is 8.00. The normalized spacial score (nSPS) is 11.2. The summed E-state index contributed by atoms with van der Waals surface area (Å²) in [5, 5.41) is 9.19. The molecule has 0 unspecified atom stereocenters. The number of anilines is 1. The van der Waals surface area contributed by atoms with Gasteiger partial charge in [-0.25, -0.2) is 9.78 Å². The average Bonchev–Trinajstić information content (AvgIpc) is 2.83. The van der Waals surface area contributed by atoms with Crippen LogP contribution in [0.1, 0.15) is 32.7 Å². The molecule has 4 nitrogen and oxygen atoms in total. The summed E-state index contributed by atoms with van der Waals surface area (Å²) in [6, 6.07) is 34.8. The zero-order valence-electron chi connectivity index (χ0n) is 17.5. The predicted molar refractivity (Wildman–Crippen MR) is 131 cm³/mol. The molecule has 1 aromatic heterocycles. The number of thioether (sulfide) groups is 1. The lowest BCUT2D eigenvalue weighted by molar-refractivity contribution is 0.0697. The van der Waals surface area contributed by atoms with Crippen molar-refractivity contribution in [1.29, 1.82) is 0 Å². The van der Waals surface area contributed by atoms with Crippen LogP contribution in [0.25, 0.3) is 0 Å². The Kier molecular flexibility index (Phi) is 6.57. The van der Waals surface area contributed by atoms with Crippen molar-refractivity contribution in [2.45, 2.75) is 11.2 Å². The number of nitrogens with two attached hydrogens (primary N) is 1. The van der Waals surface area contributed by atoms with E-state index in [1.807, 2.05) is 30.0 Å². The molecular formula is C27H24N2O2S. The Balaban J connectivity index is 1.72. The number of aromatic carboxylic acids is 1. The number of carboxylic acids is 1. The minimum atomic E-state index is -1.06. The van der Waals surface area contributed by atoms with Gasteiger partial charge in [-0.05, 0) is 35.2 Å². The van der Waals surface area contributed by atoms with E-state index in [9.17, 15) is 9.90 Å². The molecule has 160 valence electrons. The molecule has 0 bridgehead atoms. The first-order valence-corrected chi connectivity index (χ1v) is 11.4. The van der Waals surface area contributed by atoms with Crippen LogP contribution in [0.5, 0.6) is 0 Å². The van der Waals surface area contributed by atoms with Gasteiger partial charge in [0.2, 0.25) is 0 Å². The summed E-state index contributed by atoms with van der Waals surface area (Å²) in [4.78, 5) is 15.5. The Morgan fingerprint density at radius 2 is 1.25 bits per heavy atom. The Labute approximate surface area is 192 Å². The van der Waals surface area contributed by atoms with Crippen molar-refractivity contribution in [3.8, 4) is 0 Å². The fourth-order valence-corrected chi connectivity index (χ4v) is 5.44. The van der Waals surface area contributed by atoms with Gasteiger partial charge in [-0.3, -0.25) is 0 Å². The van der Waals surface area contributed by atoms with E-state index in [0.717, 1.165) is 11.4 Å². The third-order valence-corrected chi connectivity index (χ3v) is 6.98. The fraction of sp³-hybridized carbons (Fsp3) is 0.111. The summed E-state index contributed by atoms with van der Waals surface area (Å²) < 4.78 is -0.393. The average molecular weight is 441 g/mol. The number of benzene rings is 3. The number of aryl methyl sites for hydroxylation is 1. The maximum absolute atomic E-state index is 11.2. The van der Waals surface area contributed by atoms with Crippen LogP contribution in [0, 0.1) is 0 Å². The second kappa shape index (κ2) is 9.71. The largest absolute Gasteiger partial charge is 0.478 e. The number of nitrogen functional groups attached to an aromatic ring is 1. The van der Waals surface area contributed by atoms with Crippen LogP contribution < -0.4 is 5.73 Å². The predicted octanol–water partition coefficient (Wildman–Crippen LogP) is 5.63. The smallest absolute Gasteiger partial charge is 0.339 e. The number of carboxylic acid groups (broad SMARTS) is 1. The monoisotopic (exact) mass is 440 g/mol. The molecule has 0 amide bonds. The Morgan fingerprint density at radius 1 is 0.781 bits per heavy atom. The van der Waals surface area contributed by atoms with Crippen molar-refractivity contribution in [2.75, 3.05) is 11.5 Å². The molecule has 0 aliphatic carbocycles. The zero-order valence-corrected chi connectivity index (χ0v) is 18.3. The molecule has 0 radical (unpaired) electrons. The highest BCUT2D eigenvalue weighted by Crippen LogP contribution is 2.48. The summed E-state index contributed by atoms with van der Waals surface area (Å²) in [6.07, 6.45) is 0.670. The molecule has 4 rings (SSSR count). The van der Waals surface area contributed by atoms with Gasteiger partial charge in [0, 0.05) is 11.4 Å². The van der Waals surface area contributed by atoms with Crippen molar-refractivity contribution < 1.29 is 9.90 Å². The molecule has 0 aliphatic rings. The highest BCUT2D eigenvalue weighted by Gasteiger charge is 2.36. The molecule has 1 heterocycles. The third kappa shape index (κ3) is 4.39. The summed E-state index contributed by atoms with van der Waals surface area (Å²) in [6.45, 7) is 0. The maximum atomic E-state index is 11.2. The van der Waals surface area contributed by atoms with Gasteiger partial charge in [0.25, 0.3) is 0 Å². The Hall–Kier alpha value is -3.57. The van der Waals surface area contributed by atoms with Crippen LogP contribution in [0.3, 0.4) is 0 Å². The topological polar surface area (TPSA) is 76.2 Å². The minimum absolute atomic E-state index is 0.0357. The van der Waals surface area contributed by atoms with E-state index < -0.39 is 10.7 Å². The molecular weight excluding hydrogens is 416 g/mol. The van der Waals surface area contributed by atoms with Crippen LogP contribution in [0.15, 0.2) is 103 Å². The van der Waals surface area contributed by atoms with E-state index in [1.165, 1.54) is 22.8 Å². The summed E-state index contributed by atoms with van der Waals surface area (Å²) >= 11 is 1.84. The first-order chi connectivity index (χ1) is 15.6. The van der Waals surface area contributed by atoms with E-state index in [4.69, 9.17) is 5.73 Å².